The Balaban J connectivity index is 1.92. The van der Waals surface area contributed by atoms with E-state index in [0.717, 1.165) is 43.6 Å². The molecule has 5 aromatic rings. The number of para-hydroxylation sites is 2. The fraction of sp³-hybridized carbons (Fsp3) is 0.136. The second-order valence-corrected chi connectivity index (χ2v) is 7.79. The van der Waals surface area contributed by atoms with Gasteiger partial charge >= 0.3 is 0 Å². The van der Waals surface area contributed by atoms with Gasteiger partial charge in [0.25, 0.3) is 5.91 Å². The van der Waals surface area contributed by atoms with Crippen LogP contribution in [0, 0.1) is 0 Å². The van der Waals surface area contributed by atoms with Crippen molar-refractivity contribution in [2.75, 3.05) is 0 Å². The molecule has 7 rings (SSSR count). The van der Waals surface area contributed by atoms with Gasteiger partial charge in [-0.15, -0.1) is 0 Å². The standard InChI is InChI=1S/C22H16N4O3/c27-21-17-15-11-5-1-3-7-13(11)25-9-24(29)10-26-14-8-4-2-6-12(14)16(20(26)19(15)25)18(17)22(28)23-21/h1-8,21,27,29H,9-10H2,(H,23,28). The van der Waals surface area contributed by atoms with Crippen molar-refractivity contribution in [1.82, 2.24) is 19.5 Å². The maximum absolute atomic E-state index is 13.0. The molecule has 142 valence electrons. The van der Waals surface area contributed by atoms with Gasteiger partial charge in [0, 0.05) is 27.1 Å². The van der Waals surface area contributed by atoms with Gasteiger partial charge in [0.1, 0.15) is 13.3 Å². The Bertz CT molecular complexity index is 1540. The van der Waals surface area contributed by atoms with Crippen molar-refractivity contribution in [3.05, 3.63) is 59.7 Å². The maximum Gasteiger partial charge on any atom is 0.254 e. The Morgan fingerprint density at radius 2 is 1.41 bits per heavy atom. The van der Waals surface area contributed by atoms with Gasteiger partial charge in [-0.3, -0.25) is 4.79 Å². The number of carbonyl (C=O) groups excluding carboxylic acids is 1. The molecule has 0 bridgehead atoms. The van der Waals surface area contributed by atoms with Crippen molar-refractivity contribution in [3.8, 4) is 0 Å². The smallest absolute Gasteiger partial charge is 0.254 e. The molecule has 0 saturated carbocycles. The number of hydrogen-bond acceptors (Lipinski definition) is 4. The lowest BCUT2D eigenvalue weighted by Gasteiger charge is -2.15. The minimum Gasteiger partial charge on any atom is -0.369 e. The van der Waals surface area contributed by atoms with Crippen LogP contribution in [0.4, 0.5) is 0 Å². The third-order valence-corrected chi connectivity index (χ3v) is 6.33. The van der Waals surface area contributed by atoms with E-state index in [2.05, 4.69) is 14.5 Å². The van der Waals surface area contributed by atoms with Crippen molar-refractivity contribution in [1.29, 1.82) is 0 Å². The van der Waals surface area contributed by atoms with Crippen LogP contribution in [-0.4, -0.2) is 30.4 Å². The normalized spacial score (nSPS) is 19.0. The minimum atomic E-state index is -1.06. The Morgan fingerprint density at radius 1 is 0.862 bits per heavy atom. The molecule has 0 aliphatic carbocycles. The predicted molar refractivity (Wildman–Crippen MR) is 108 cm³/mol. The fourth-order valence-corrected chi connectivity index (χ4v) is 5.33. The van der Waals surface area contributed by atoms with E-state index in [9.17, 15) is 15.1 Å². The number of nitrogens with one attached hydrogen (secondary N) is 1. The summed E-state index contributed by atoms with van der Waals surface area (Å²) in [5.74, 6) is -0.265. The van der Waals surface area contributed by atoms with Gasteiger partial charge in [0.05, 0.1) is 27.6 Å². The minimum absolute atomic E-state index is 0.265. The number of aliphatic hydroxyl groups is 1. The SMILES string of the molecule is O=C1NC(O)c2c1c1c3ccccc3n3c1c1c2c2ccccc2n1CN(O)C3. The Hall–Kier alpha value is -3.39. The van der Waals surface area contributed by atoms with E-state index >= 15 is 0 Å². The molecule has 0 saturated heterocycles. The highest BCUT2D eigenvalue weighted by Gasteiger charge is 2.37. The van der Waals surface area contributed by atoms with E-state index in [0.29, 0.717) is 17.8 Å². The van der Waals surface area contributed by atoms with Crippen molar-refractivity contribution in [2.45, 2.75) is 19.6 Å². The highest BCUT2D eigenvalue weighted by atomic mass is 16.5. The van der Waals surface area contributed by atoms with Gasteiger partial charge in [0.2, 0.25) is 0 Å². The van der Waals surface area contributed by atoms with Crippen LogP contribution in [0.25, 0.3) is 43.6 Å². The highest BCUT2D eigenvalue weighted by Crippen LogP contribution is 2.47. The molecule has 0 fully saturated rings. The van der Waals surface area contributed by atoms with Gasteiger partial charge in [0.15, 0.2) is 6.23 Å². The van der Waals surface area contributed by atoms with E-state index in [-0.39, 0.29) is 12.6 Å². The molecule has 2 aliphatic rings. The number of aromatic nitrogens is 2. The third-order valence-electron chi connectivity index (χ3n) is 6.33. The molecular weight excluding hydrogens is 368 g/mol. The van der Waals surface area contributed by atoms with E-state index in [1.165, 1.54) is 5.06 Å². The van der Waals surface area contributed by atoms with Gasteiger partial charge in [-0.2, -0.15) is 5.06 Å². The number of aliphatic hydroxyl groups excluding tert-OH is 1. The van der Waals surface area contributed by atoms with Crippen molar-refractivity contribution >= 4 is 49.5 Å². The molecule has 29 heavy (non-hydrogen) atoms. The van der Waals surface area contributed by atoms with Crippen LogP contribution >= 0.6 is 0 Å². The Labute approximate surface area is 163 Å². The van der Waals surface area contributed by atoms with Gasteiger partial charge in [-0.05, 0) is 12.1 Å². The first-order chi connectivity index (χ1) is 14.1. The Kier molecular flexibility index (Phi) is 2.65. The van der Waals surface area contributed by atoms with Gasteiger partial charge in [-0.25, -0.2) is 0 Å². The van der Waals surface area contributed by atoms with Crippen LogP contribution in [0.15, 0.2) is 48.5 Å². The van der Waals surface area contributed by atoms with Gasteiger partial charge < -0.3 is 24.8 Å². The molecule has 1 amide bonds. The van der Waals surface area contributed by atoms with Crippen LogP contribution in [0.5, 0.6) is 0 Å². The molecule has 7 heteroatoms. The second kappa shape index (κ2) is 4.96. The van der Waals surface area contributed by atoms with Crippen molar-refractivity contribution in [2.24, 2.45) is 0 Å². The molecular formula is C22H16N4O3. The largest absolute Gasteiger partial charge is 0.369 e. The first kappa shape index (κ1) is 15.5. The number of hydrogen-bond donors (Lipinski definition) is 3. The molecule has 3 N–H and O–H groups in total. The number of fused-ring (bicyclic) bond motifs is 9. The summed E-state index contributed by atoms with van der Waals surface area (Å²) in [6.45, 7) is 0.587. The van der Waals surface area contributed by atoms with Crippen LogP contribution < -0.4 is 5.32 Å². The zero-order valence-electron chi connectivity index (χ0n) is 15.3. The molecule has 1 atom stereocenters. The number of carbonyl (C=O) groups is 1. The van der Waals surface area contributed by atoms with E-state index < -0.39 is 6.23 Å². The summed E-state index contributed by atoms with van der Waals surface area (Å²) in [6, 6.07) is 15.8. The second-order valence-electron chi connectivity index (χ2n) is 7.79. The van der Waals surface area contributed by atoms with E-state index in [1.807, 2.05) is 48.5 Å². The molecule has 0 radical (unpaired) electrons. The molecule has 3 aromatic carbocycles. The monoisotopic (exact) mass is 384 g/mol. The maximum atomic E-state index is 13.0. The van der Waals surface area contributed by atoms with Crippen molar-refractivity contribution in [3.63, 3.8) is 0 Å². The predicted octanol–water partition coefficient (Wildman–Crippen LogP) is 3.26. The molecule has 2 aromatic heterocycles. The number of amides is 1. The average molecular weight is 384 g/mol. The molecule has 4 heterocycles. The lowest BCUT2D eigenvalue weighted by Crippen LogP contribution is -2.23. The summed E-state index contributed by atoms with van der Waals surface area (Å²) in [4.78, 5) is 13.0. The Morgan fingerprint density at radius 3 is 2.07 bits per heavy atom. The number of rotatable bonds is 0. The number of benzene rings is 3. The molecule has 1 unspecified atom stereocenters. The topological polar surface area (TPSA) is 82.7 Å². The summed E-state index contributed by atoms with van der Waals surface area (Å²) in [7, 11) is 0. The average Bonchev–Trinajstić information content (AvgIpc) is 3.27. The summed E-state index contributed by atoms with van der Waals surface area (Å²) >= 11 is 0. The number of hydroxylamine groups is 2. The van der Waals surface area contributed by atoms with Crippen molar-refractivity contribution < 1.29 is 15.1 Å². The first-order valence-corrected chi connectivity index (χ1v) is 9.55. The fourth-order valence-electron chi connectivity index (χ4n) is 5.33. The third kappa shape index (κ3) is 1.68. The van der Waals surface area contributed by atoms with Crippen LogP contribution in [-0.2, 0) is 13.3 Å². The zero-order chi connectivity index (χ0) is 19.4. The summed E-state index contributed by atoms with van der Waals surface area (Å²) in [5, 5.41) is 29.1. The highest BCUT2D eigenvalue weighted by molar-refractivity contribution is 6.31. The lowest BCUT2D eigenvalue weighted by molar-refractivity contribution is -0.136. The lowest BCUT2D eigenvalue weighted by atomic mass is 9.96. The molecule has 2 aliphatic heterocycles. The van der Waals surface area contributed by atoms with E-state index in [4.69, 9.17) is 0 Å². The first-order valence-electron chi connectivity index (χ1n) is 9.55. The summed E-state index contributed by atoms with van der Waals surface area (Å²) in [5.41, 5.74) is 4.91. The summed E-state index contributed by atoms with van der Waals surface area (Å²) < 4.78 is 4.14. The van der Waals surface area contributed by atoms with E-state index in [1.54, 1.807) is 0 Å². The van der Waals surface area contributed by atoms with Crippen LogP contribution in [0.3, 0.4) is 0 Å². The quantitative estimate of drug-likeness (QED) is 0.383. The van der Waals surface area contributed by atoms with Crippen LogP contribution in [0.2, 0.25) is 0 Å². The molecule has 7 nitrogen and oxygen atoms in total. The van der Waals surface area contributed by atoms with Gasteiger partial charge in [-0.1, -0.05) is 36.4 Å². The number of nitrogens with zero attached hydrogens (tertiary/aromatic N) is 3. The molecule has 0 spiro atoms. The van der Waals surface area contributed by atoms with Crippen LogP contribution in [0.1, 0.15) is 22.1 Å². The summed E-state index contributed by atoms with van der Waals surface area (Å²) in [6.07, 6.45) is -1.06. The zero-order valence-corrected chi connectivity index (χ0v) is 15.3.